The van der Waals surface area contributed by atoms with Gasteiger partial charge in [0.15, 0.2) is 17.2 Å². The maximum absolute atomic E-state index is 13.4. The smallest absolute Gasteiger partial charge is 0.405 e. The molecule has 0 saturated carbocycles. The van der Waals surface area contributed by atoms with Crippen molar-refractivity contribution in [1.29, 1.82) is 0 Å². The van der Waals surface area contributed by atoms with Gasteiger partial charge in [-0.1, -0.05) is 97.1 Å². The van der Waals surface area contributed by atoms with E-state index in [1.807, 2.05) is 53.7 Å². The van der Waals surface area contributed by atoms with Crippen molar-refractivity contribution in [2.24, 2.45) is 47.0 Å². The molecule has 0 spiro atoms. The molecule has 2 aliphatic heterocycles. The molecule has 77 heavy (non-hydrogen) atoms. The van der Waals surface area contributed by atoms with Crippen LogP contribution in [0.4, 0.5) is 21.0 Å². The summed E-state index contributed by atoms with van der Waals surface area (Å²) in [4.78, 5) is 75.2. The molecule has 0 fully saturated rings. The number of primary amides is 2. The number of nitrogens with one attached hydrogen (secondary N) is 2. The minimum atomic E-state index is -0.968. The van der Waals surface area contributed by atoms with Crippen molar-refractivity contribution in [3.63, 3.8) is 0 Å². The van der Waals surface area contributed by atoms with E-state index in [1.165, 1.54) is 26.4 Å². The van der Waals surface area contributed by atoms with Gasteiger partial charge in [-0.15, -0.1) is 0 Å². The second-order valence-corrected chi connectivity index (χ2v) is 20.1. The van der Waals surface area contributed by atoms with Crippen molar-refractivity contribution in [2.45, 2.75) is 132 Å². The zero-order valence-corrected chi connectivity index (χ0v) is 47.4. The number of amides is 4. The topological polar surface area (TPSA) is 313 Å². The Morgan fingerprint density at radius 1 is 0.714 bits per heavy atom. The molecule has 12 atom stereocenters. The summed E-state index contributed by atoms with van der Waals surface area (Å²) < 4.78 is 22.1. The molecular weight excluding hydrogens is 991 g/mol. The zero-order valence-electron chi connectivity index (χ0n) is 47.4. The standard InChI is InChI=1S/C29H40N2O7.C28H41N3O7.CH3/c1-8-20-21-13-19(6)27(37-7)24(33)17(4)12-18(5)26(38-29(30)36)15(2)10-9-11-16(3)28(35)31-22(25(21)34)14-23(20)32;1-14-9-8-10-15(2)27(35)31-20-13-21(32)22(30-6)19(24(20)34)12-18(5)26(37-7)23(33)16(3)11-17(4)25(14)38-28(29)36;/h9-12,14-15,17,19,24,26-27,33H,8,13H2,1-7H3,(H2,30,36)(H,31,35);8-11,13-14,16,18,23,25-26,30,32-34H,12H2,1-7H3,(H2,29,36)(H,31,35);1H3/q;;-1/p+1/b10-9-,16-11+,18-12+;9-8-,15-10+,17-11+;/t15-,17-,19+,24+,26+,27-;14-,16-,18+,23+,25+,26-;/m00./s1. The van der Waals surface area contributed by atoms with Gasteiger partial charge in [-0.05, 0) is 69.9 Å². The van der Waals surface area contributed by atoms with Gasteiger partial charge in [-0.2, -0.15) is 0 Å². The fourth-order valence-corrected chi connectivity index (χ4v) is 9.91. The van der Waals surface area contributed by atoms with E-state index in [2.05, 4.69) is 10.6 Å². The van der Waals surface area contributed by atoms with E-state index < -0.39 is 72.3 Å². The molecule has 0 unspecified atom stereocenters. The van der Waals surface area contributed by atoms with E-state index in [4.69, 9.17) is 30.4 Å². The third-order valence-corrected chi connectivity index (χ3v) is 14.1. The van der Waals surface area contributed by atoms with Gasteiger partial charge >= 0.3 is 12.2 Å². The molecule has 1 aliphatic carbocycles. The van der Waals surface area contributed by atoms with Gasteiger partial charge in [-0.3, -0.25) is 19.2 Å². The summed E-state index contributed by atoms with van der Waals surface area (Å²) in [7, 11) is 4.72. The predicted octanol–water partition coefficient (Wildman–Crippen LogP) is 6.51. The molecule has 0 radical (unpaired) electrons. The van der Waals surface area contributed by atoms with Crippen LogP contribution < -0.4 is 27.4 Å². The number of nitrogens with two attached hydrogens (primary N) is 3. The SMILES string of the molecule is CCC1=C2C[C@@H](C)[C@H](OC)[C@H](O)[C@@H](C)/C=C(\C)[C@H](OC(N)=O)[C@@H](C)/C=C\C=C(/C)C(=O)NC(=CC1=O)C2=O.C[NH2+]c1c(O)cc2c(O)c1C[C@@H](C)[C@H](OC)[C@H](O)[C@@H](C)/C=C(\C)[C@H](OC(N)=O)[C@@H](C)/C=C\C=C(/C)C(=O)N2.[CH3-]. The number of hydrogen-bond donors (Lipinski definition) is 9. The fourth-order valence-electron chi connectivity index (χ4n) is 9.91. The number of ketones is 2. The molecule has 4 amide bonds. The monoisotopic (exact) mass is 1080 g/mol. The number of quaternary nitrogens is 1. The summed E-state index contributed by atoms with van der Waals surface area (Å²) in [5.41, 5.74) is 14.3. The lowest BCUT2D eigenvalue weighted by Crippen LogP contribution is -2.73. The number of ether oxygens (including phenoxy) is 4. The molecule has 3 aliphatic rings. The Labute approximate surface area is 454 Å². The van der Waals surface area contributed by atoms with E-state index in [-0.39, 0.29) is 78.5 Å². The third-order valence-electron chi connectivity index (χ3n) is 14.1. The second kappa shape index (κ2) is 30.3. The minimum Gasteiger partial charge on any atom is -0.505 e. The summed E-state index contributed by atoms with van der Waals surface area (Å²) >= 11 is 0. The molecule has 19 nitrogen and oxygen atoms in total. The molecule has 1 aromatic carbocycles. The highest BCUT2D eigenvalue weighted by atomic mass is 16.6. The molecule has 19 heteroatoms. The Morgan fingerprint density at radius 3 is 1.57 bits per heavy atom. The van der Waals surface area contributed by atoms with Crippen LogP contribution in [0.25, 0.3) is 0 Å². The Balaban J connectivity index is 0.000000520. The highest BCUT2D eigenvalue weighted by Gasteiger charge is 2.36. The molecule has 4 bridgehead atoms. The number of hydrogen-bond acceptors (Lipinski definition) is 14. The number of methoxy groups -OCH3 is 2. The van der Waals surface area contributed by atoms with E-state index in [1.54, 1.807) is 83.4 Å². The number of Topliss-reactive ketones (excluding diaryl/α,β-unsaturated/α-hetero) is 1. The van der Waals surface area contributed by atoms with Gasteiger partial charge in [0, 0.05) is 72.3 Å². The van der Waals surface area contributed by atoms with Gasteiger partial charge in [0.1, 0.15) is 18.0 Å². The van der Waals surface area contributed by atoms with Gasteiger partial charge in [-0.25, -0.2) is 9.59 Å². The van der Waals surface area contributed by atoms with Crippen molar-refractivity contribution >= 4 is 46.9 Å². The van der Waals surface area contributed by atoms with Crippen LogP contribution in [0.3, 0.4) is 0 Å². The summed E-state index contributed by atoms with van der Waals surface area (Å²) in [6, 6.07) is 1.31. The molecule has 4 rings (SSSR count). The number of carbonyl (C=O) groups excluding carboxylic acids is 6. The van der Waals surface area contributed by atoms with Gasteiger partial charge in [0.25, 0.3) is 11.8 Å². The number of carbonyl (C=O) groups is 6. The molecule has 0 aromatic heterocycles. The van der Waals surface area contributed by atoms with Gasteiger partial charge in [0.2, 0.25) is 5.78 Å². The van der Waals surface area contributed by atoms with Crippen LogP contribution in [0.5, 0.6) is 11.5 Å². The highest BCUT2D eigenvalue weighted by Crippen LogP contribution is 2.41. The van der Waals surface area contributed by atoms with E-state index in [0.717, 1.165) is 0 Å². The number of fused-ring (bicyclic) bond motifs is 4. The van der Waals surface area contributed by atoms with Gasteiger partial charge < -0.3 is 74.2 Å². The van der Waals surface area contributed by atoms with Crippen LogP contribution in [0, 0.1) is 42.9 Å². The zero-order chi connectivity index (χ0) is 57.5. The number of aliphatic hydroxyl groups is 2. The molecule has 1 aromatic rings. The van der Waals surface area contributed by atoms with Crippen LogP contribution in [0.2, 0.25) is 0 Å². The Bertz CT molecular complexity index is 2570. The number of anilines is 1. The molecule has 0 saturated heterocycles. The first-order chi connectivity index (χ1) is 35.6. The number of phenols is 2. The van der Waals surface area contributed by atoms with Crippen LogP contribution in [-0.2, 0) is 44.5 Å². The van der Waals surface area contributed by atoms with Crippen molar-refractivity contribution in [3.8, 4) is 11.5 Å². The van der Waals surface area contributed by atoms with Crippen molar-refractivity contribution < 1.29 is 73.5 Å². The highest BCUT2D eigenvalue weighted by molar-refractivity contribution is 6.23. The lowest BCUT2D eigenvalue weighted by Gasteiger charge is -2.32. The van der Waals surface area contributed by atoms with Crippen LogP contribution in [0.1, 0.15) is 94.6 Å². The number of benzene rings is 1. The summed E-state index contributed by atoms with van der Waals surface area (Å²) in [6.07, 6.45) is 9.16. The largest absolute Gasteiger partial charge is 0.505 e. The number of rotatable bonds is 6. The maximum Gasteiger partial charge on any atom is 0.405 e. The molecular formula is C58H85N5O14. The van der Waals surface area contributed by atoms with Crippen LogP contribution >= 0.6 is 0 Å². The molecule has 426 valence electrons. The number of phenolic OH excluding ortho intramolecular Hbond substituents is 2. The fraction of sp³-hybridized carbons (Fsp3) is 0.500. The number of allylic oxidation sites excluding steroid dienone is 7. The lowest BCUT2D eigenvalue weighted by atomic mass is 9.81. The Hall–Kier alpha value is -6.64. The number of aliphatic hydroxyl groups excluding tert-OH is 2. The summed E-state index contributed by atoms with van der Waals surface area (Å²) in [6.45, 7) is 19.6. The molecule has 12 N–H and O–H groups in total. The lowest BCUT2D eigenvalue weighted by molar-refractivity contribution is -0.540. The Morgan fingerprint density at radius 2 is 1.16 bits per heavy atom. The molecule has 2 heterocycles. The third kappa shape index (κ3) is 17.7. The van der Waals surface area contributed by atoms with E-state index in [9.17, 15) is 49.2 Å². The first kappa shape index (κ1) is 66.5. The average Bonchev–Trinajstić information content (AvgIpc) is 3.34. The van der Waals surface area contributed by atoms with Crippen molar-refractivity contribution in [1.82, 2.24) is 5.32 Å². The van der Waals surface area contributed by atoms with Crippen LogP contribution in [-0.4, -0.2) is 114 Å². The van der Waals surface area contributed by atoms with E-state index >= 15 is 0 Å². The first-order valence-corrected chi connectivity index (χ1v) is 25.6. The van der Waals surface area contributed by atoms with Crippen molar-refractivity contribution in [2.75, 3.05) is 26.6 Å². The first-order valence-electron chi connectivity index (χ1n) is 25.6. The van der Waals surface area contributed by atoms with Gasteiger partial charge in [0.05, 0.1) is 48.4 Å². The predicted molar refractivity (Wildman–Crippen MR) is 295 cm³/mol. The van der Waals surface area contributed by atoms with E-state index in [0.29, 0.717) is 51.1 Å². The summed E-state index contributed by atoms with van der Waals surface area (Å²) in [5.74, 6) is -4.04. The second-order valence-electron chi connectivity index (χ2n) is 20.1. The summed E-state index contributed by atoms with van der Waals surface area (Å²) in [5, 5.41) is 51.2. The average molecular weight is 1080 g/mol. The maximum atomic E-state index is 13.4. The quantitative estimate of drug-likeness (QED) is 0.0367. The van der Waals surface area contributed by atoms with Crippen LogP contribution in [0.15, 0.2) is 99.9 Å². The number of aromatic hydroxyl groups is 2. The van der Waals surface area contributed by atoms with Crippen molar-refractivity contribution in [3.05, 3.63) is 113 Å². The normalized spacial score (nSPS) is 31.9. The minimum absolute atomic E-state index is 0. The Kier molecular flexibility index (Phi) is 26.2.